The molecule has 1 aromatic rings. The van der Waals surface area contributed by atoms with Crippen LogP contribution in [-0.2, 0) is 21.4 Å². The zero-order valence-electron chi connectivity index (χ0n) is 14.7. The van der Waals surface area contributed by atoms with Crippen molar-refractivity contribution in [3.63, 3.8) is 0 Å². The van der Waals surface area contributed by atoms with Crippen molar-refractivity contribution in [1.82, 2.24) is 4.90 Å². The molecule has 1 atom stereocenters. The van der Waals surface area contributed by atoms with Crippen LogP contribution in [0.3, 0.4) is 0 Å². The highest BCUT2D eigenvalue weighted by molar-refractivity contribution is 5.86. The van der Waals surface area contributed by atoms with E-state index in [4.69, 9.17) is 10.5 Å². The van der Waals surface area contributed by atoms with Crippen molar-refractivity contribution in [2.75, 3.05) is 32.8 Å². The predicted molar refractivity (Wildman–Crippen MR) is 93.4 cm³/mol. The minimum atomic E-state index is -0.616. The molecule has 128 valence electrons. The molecule has 2 N–H and O–H groups in total. The Hall–Kier alpha value is -1.39. The Morgan fingerprint density at radius 3 is 2.39 bits per heavy atom. The fourth-order valence-electron chi connectivity index (χ4n) is 3.10. The number of benzene rings is 1. The molecule has 1 fully saturated rings. The van der Waals surface area contributed by atoms with E-state index in [1.165, 1.54) is 5.56 Å². The predicted octanol–water partition coefficient (Wildman–Crippen LogP) is 2.35. The lowest BCUT2D eigenvalue weighted by Crippen LogP contribution is -2.44. The minimum Gasteiger partial charge on any atom is -0.379 e. The number of nitrogens with two attached hydrogens (primary N) is 1. The molecule has 1 unspecified atom stereocenters. The van der Waals surface area contributed by atoms with Gasteiger partial charge in [0.1, 0.15) is 0 Å². The molecule has 1 heterocycles. The molecule has 4 nitrogen and oxygen atoms in total. The van der Waals surface area contributed by atoms with E-state index in [0.717, 1.165) is 51.3 Å². The minimum absolute atomic E-state index is 0.248. The van der Waals surface area contributed by atoms with Crippen molar-refractivity contribution >= 4 is 5.91 Å². The van der Waals surface area contributed by atoms with E-state index in [-0.39, 0.29) is 5.91 Å². The molecule has 2 rings (SSSR count). The summed E-state index contributed by atoms with van der Waals surface area (Å²) >= 11 is 0. The highest BCUT2D eigenvalue weighted by Gasteiger charge is 2.33. The zero-order valence-corrected chi connectivity index (χ0v) is 14.7. The number of morpholine rings is 1. The van der Waals surface area contributed by atoms with E-state index < -0.39 is 5.41 Å². The average Bonchev–Trinajstić information content (AvgIpc) is 2.53. The molecular weight excluding hydrogens is 288 g/mol. The second-order valence-corrected chi connectivity index (χ2v) is 7.20. The first kappa shape index (κ1) is 18.0. The molecule has 1 aliphatic rings. The first-order valence-electron chi connectivity index (χ1n) is 8.61. The van der Waals surface area contributed by atoms with Gasteiger partial charge in [0.05, 0.1) is 18.6 Å². The summed E-state index contributed by atoms with van der Waals surface area (Å²) < 4.78 is 5.38. The third-order valence-electron chi connectivity index (χ3n) is 4.81. The van der Waals surface area contributed by atoms with Crippen LogP contribution in [0.5, 0.6) is 0 Å². The molecule has 4 heteroatoms. The zero-order chi connectivity index (χ0) is 16.9. The first-order chi connectivity index (χ1) is 10.9. The number of nitrogens with zero attached hydrogens (tertiary/aromatic N) is 1. The van der Waals surface area contributed by atoms with Crippen LogP contribution in [-0.4, -0.2) is 43.7 Å². The smallest absolute Gasteiger partial charge is 0.227 e. The molecule has 1 aliphatic heterocycles. The molecule has 0 saturated carbocycles. The Bertz CT molecular complexity index is 507. The molecule has 0 aromatic heterocycles. The molecule has 1 amide bonds. The van der Waals surface area contributed by atoms with Crippen LogP contribution in [0.15, 0.2) is 24.3 Å². The third-order valence-corrected chi connectivity index (χ3v) is 4.81. The summed E-state index contributed by atoms with van der Waals surface area (Å²) in [5, 5.41) is 0. The van der Waals surface area contributed by atoms with Gasteiger partial charge in [0.2, 0.25) is 5.91 Å². The van der Waals surface area contributed by atoms with Gasteiger partial charge in [-0.2, -0.15) is 0 Å². The SMILES string of the molecule is CC(C)Cc1ccc(C(C)(CCN2CCOCC2)C(N)=O)cc1. The Balaban J connectivity index is 2.07. The second-order valence-electron chi connectivity index (χ2n) is 7.20. The Morgan fingerprint density at radius 2 is 1.87 bits per heavy atom. The number of hydrogen-bond acceptors (Lipinski definition) is 3. The van der Waals surface area contributed by atoms with Gasteiger partial charge in [-0.15, -0.1) is 0 Å². The van der Waals surface area contributed by atoms with E-state index in [1.807, 2.05) is 6.92 Å². The lowest BCUT2D eigenvalue weighted by molar-refractivity contribution is -0.123. The van der Waals surface area contributed by atoms with Crippen LogP contribution < -0.4 is 5.73 Å². The van der Waals surface area contributed by atoms with Crippen molar-refractivity contribution in [3.05, 3.63) is 35.4 Å². The Kier molecular flexibility index (Phi) is 6.19. The number of hydrogen-bond donors (Lipinski definition) is 1. The number of ether oxygens (including phenoxy) is 1. The summed E-state index contributed by atoms with van der Waals surface area (Å²) in [4.78, 5) is 14.5. The normalized spacial score (nSPS) is 18.8. The number of carbonyl (C=O) groups is 1. The number of rotatable bonds is 7. The molecule has 23 heavy (non-hydrogen) atoms. The van der Waals surface area contributed by atoms with Gasteiger partial charge in [-0.25, -0.2) is 0 Å². The molecule has 0 spiro atoms. The summed E-state index contributed by atoms with van der Waals surface area (Å²) in [5.41, 5.74) is 7.47. The fourth-order valence-corrected chi connectivity index (χ4v) is 3.10. The Morgan fingerprint density at radius 1 is 1.26 bits per heavy atom. The second kappa shape index (κ2) is 7.93. The fraction of sp³-hybridized carbons (Fsp3) is 0.632. The van der Waals surface area contributed by atoms with Crippen molar-refractivity contribution in [2.24, 2.45) is 11.7 Å². The number of primary amides is 1. The summed E-state index contributed by atoms with van der Waals surface area (Å²) in [5.74, 6) is 0.382. The third kappa shape index (κ3) is 4.79. The lowest BCUT2D eigenvalue weighted by atomic mass is 9.78. The monoisotopic (exact) mass is 318 g/mol. The first-order valence-corrected chi connectivity index (χ1v) is 8.61. The number of amides is 1. The summed E-state index contributed by atoms with van der Waals surface area (Å²) in [6.07, 6.45) is 1.80. The van der Waals surface area contributed by atoms with E-state index in [2.05, 4.69) is 43.0 Å². The molecule has 0 aliphatic carbocycles. The summed E-state index contributed by atoms with van der Waals surface area (Å²) in [6, 6.07) is 8.40. The molecule has 0 radical (unpaired) electrons. The highest BCUT2D eigenvalue weighted by atomic mass is 16.5. The molecule has 1 saturated heterocycles. The van der Waals surface area contributed by atoms with Gasteiger partial charge in [0.25, 0.3) is 0 Å². The number of carbonyl (C=O) groups excluding carboxylic acids is 1. The maximum atomic E-state index is 12.1. The van der Waals surface area contributed by atoms with Crippen LogP contribution in [0.25, 0.3) is 0 Å². The van der Waals surface area contributed by atoms with Crippen molar-refractivity contribution < 1.29 is 9.53 Å². The van der Waals surface area contributed by atoms with E-state index >= 15 is 0 Å². The van der Waals surface area contributed by atoms with E-state index in [1.54, 1.807) is 0 Å². The van der Waals surface area contributed by atoms with Crippen molar-refractivity contribution in [2.45, 2.75) is 39.0 Å². The highest BCUT2D eigenvalue weighted by Crippen LogP contribution is 2.28. The maximum Gasteiger partial charge on any atom is 0.227 e. The lowest BCUT2D eigenvalue weighted by Gasteiger charge is -2.32. The quantitative estimate of drug-likeness (QED) is 0.839. The van der Waals surface area contributed by atoms with Gasteiger partial charge < -0.3 is 10.5 Å². The molecule has 0 bridgehead atoms. The van der Waals surface area contributed by atoms with Crippen molar-refractivity contribution in [3.8, 4) is 0 Å². The van der Waals surface area contributed by atoms with Gasteiger partial charge in [0.15, 0.2) is 0 Å². The van der Waals surface area contributed by atoms with Gasteiger partial charge in [-0.3, -0.25) is 9.69 Å². The molecular formula is C19H30N2O2. The molecule has 1 aromatic carbocycles. The van der Waals surface area contributed by atoms with Gasteiger partial charge >= 0.3 is 0 Å². The van der Waals surface area contributed by atoms with E-state index in [0.29, 0.717) is 5.92 Å². The Labute approximate surface area is 140 Å². The topological polar surface area (TPSA) is 55.6 Å². The standard InChI is InChI=1S/C19H30N2O2/c1-15(2)14-16-4-6-17(7-5-16)19(3,18(20)22)8-9-21-10-12-23-13-11-21/h4-7,15H,8-14H2,1-3H3,(H2,20,22). The average molecular weight is 318 g/mol. The van der Waals surface area contributed by atoms with Gasteiger partial charge in [-0.05, 0) is 43.4 Å². The van der Waals surface area contributed by atoms with Crippen LogP contribution in [0, 0.1) is 5.92 Å². The van der Waals surface area contributed by atoms with Gasteiger partial charge in [0, 0.05) is 13.1 Å². The largest absolute Gasteiger partial charge is 0.379 e. The van der Waals surface area contributed by atoms with Crippen LogP contribution in [0.1, 0.15) is 38.3 Å². The van der Waals surface area contributed by atoms with Crippen LogP contribution in [0.2, 0.25) is 0 Å². The summed E-state index contributed by atoms with van der Waals surface area (Å²) in [7, 11) is 0. The van der Waals surface area contributed by atoms with E-state index in [9.17, 15) is 4.79 Å². The van der Waals surface area contributed by atoms with Crippen molar-refractivity contribution in [1.29, 1.82) is 0 Å². The maximum absolute atomic E-state index is 12.1. The van der Waals surface area contributed by atoms with Crippen LogP contribution >= 0.6 is 0 Å². The van der Waals surface area contributed by atoms with Crippen LogP contribution in [0.4, 0.5) is 0 Å². The summed E-state index contributed by atoms with van der Waals surface area (Å²) in [6.45, 7) is 10.7. The van der Waals surface area contributed by atoms with Gasteiger partial charge in [-0.1, -0.05) is 38.1 Å².